The summed E-state index contributed by atoms with van der Waals surface area (Å²) in [6, 6.07) is 6.45. The Kier molecular flexibility index (Phi) is 3.85. The average molecular weight is 275 g/mol. The summed E-state index contributed by atoms with van der Waals surface area (Å²) in [5.41, 5.74) is 0.301. The van der Waals surface area contributed by atoms with E-state index >= 15 is 0 Å². The summed E-state index contributed by atoms with van der Waals surface area (Å²) in [6.07, 6.45) is 0.0864. The first-order valence-corrected chi connectivity index (χ1v) is 5.37. The van der Waals surface area contributed by atoms with Crippen molar-refractivity contribution >= 4 is 21.7 Å². The molecule has 0 heterocycles. The molecule has 15 heavy (non-hydrogen) atoms. The van der Waals surface area contributed by atoms with Crippen molar-refractivity contribution in [1.29, 1.82) is 0 Å². The minimum Gasteiger partial charge on any atom is -0.497 e. The van der Waals surface area contributed by atoms with Crippen LogP contribution < -0.4 is 4.74 Å². The van der Waals surface area contributed by atoms with Gasteiger partial charge in [-0.25, -0.2) is 4.39 Å². The van der Waals surface area contributed by atoms with Crippen molar-refractivity contribution in [2.45, 2.75) is 17.9 Å². The van der Waals surface area contributed by atoms with Crippen LogP contribution in [0.25, 0.3) is 0 Å². The number of alkyl halides is 2. The predicted molar refractivity (Wildman–Crippen MR) is 60.4 cm³/mol. The second-order valence-electron chi connectivity index (χ2n) is 3.12. The van der Waals surface area contributed by atoms with E-state index in [2.05, 4.69) is 15.9 Å². The number of rotatable bonds is 4. The zero-order valence-electron chi connectivity index (χ0n) is 8.59. The highest BCUT2D eigenvalue weighted by molar-refractivity contribution is 9.10. The number of methoxy groups -OCH3 is 1. The first-order chi connectivity index (χ1) is 7.01. The molecule has 1 atom stereocenters. The molecule has 0 radical (unpaired) electrons. The maximum absolute atomic E-state index is 13.7. The lowest BCUT2D eigenvalue weighted by Crippen LogP contribution is -2.25. The van der Waals surface area contributed by atoms with Crippen LogP contribution in [-0.2, 0) is 0 Å². The number of carbonyl (C=O) groups is 1. The summed E-state index contributed by atoms with van der Waals surface area (Å²) >= 11 is 2.77. The van der Waals surface area contributed by atoms with Gasteiger partial charge in [0.25, 0.3) is 0 Å². The number of ketones is 1. The first-order valence-electron chi connectivity index (χ1n) is 4.58. The highest BCUT2D eigenvalue weighted by atomic mass is 79.9. The maximum Gasteiger partial charge on any atom is 0.226 e. The van der Waals surface area contributed by atoms with Gasteiger partial charge in [0.05, 0.1) is 7.11 Å². The van der Waals surface area contributed by atoms with E-state index in [9.17, 15) is 9.18 Å². The fourth-order valence-electron chi connectivity index (χ4n) is 1.14. The lowest BCUT2D eigenvalue weighted by molar-refractivity contribution is 0.0843. The quantitative estimate of drug-likeness (QED) is 0.622. The molecule has 1 aromatic carbocycles. The summed E-state index contributed by atoms with van der Waals surface area (Å²) in [5, 5.41) is 0. The third-order valence-electron chi connectivity index (χ3n) is 2.11. The SMILES string of the molecule is CC[C@@](F)(Br)C(=O)c1cccc(OC)c1. The summed E-state index contributed by atoms with van der Waals surface area (Å²) in [7, 11) is 1.50. The number of hydrogen-bond donors (Lipinski definition) is 0. The van der Waals surface area contributed by atoms with Gasteiger partial charge in [0.2, 0.25) is 10.4 Å². The summed E-state index contributed by atoms with van der Waals surface area (Å²) in [5.74, 6) is -0.0378. The Bertz CT molecular complexity index is 363. The van der Waals surface area contributed by atoms with Gasteiger partial charge in [-0.05, 0) is 34.5 Å². The molecule has 0 amide bonds. The van der Waals surface area contributed by atoms with E-state index in [1.54, 1.807) is 25.1 Å². The van der Waals surface area contributed by atoms with E-state index in [-0.39, 0.29) is 6.42 Å². The predicted octanol–water partition coefficient (Wildman–Crippen LogP) is 3.35. The molecular formula is C11H12BrFO2. The zero-order valence-corrected chi connectivity index (χ0v) is 10.2. The third kappa shape index (κ3) is 2.78. The van der Waals surface area contributed by atoms with Crippen LogP contribution in [0.15, 0.2) is 24.3 Å². The van der Waals surface area contributed by atoms with Gasteiger partial charge in [-0.2, -0.15) is 0 Å². The molecule has 1 aromatic rings. The number of benzene rings is 1. The number of hydrogen-bond acceptors (Lipinski definition) is 2. The molecule has 0 bridgehead atoms. The van der Waals surface area contributed by atoms with E-state index in [4.69, 9.17) is 4.74 Å². The highest BCUT2D eigenvalue weighted by Gasteiger charge is 2.33. The average Bonchev–Trinajstić information content (AvgIpc) is 2.28. The van der Waals surface area contributed by atoms with Gasteiger partial charge in [0.15, 0.2) is 0 Å². The van der Waals surface area contributed by atoms with Crippen molar-refractivity contribution < 1.29 is 13.9 Å². The summed E-state index contributed by atoms with van der Waals surface area (Å²) < 4.78 is 16.6. The second-order valence-corrected chi connectivity index (χ2v) is 4.38. The zero-order chi connectivity index (χ0) is 11.5. The van der Waals surface area contributed by atoms with Crippen molar-refractivity contribution in [3.8, 4) is 5.75 Å². The smallest absolute Gasteiger partial charge is 0.226 e. The lowest BCUT2D eigenvalue weighted by atomic mass is 10.1. The molecule has 82 valence electrons. The van der Waals surface area contributed by atoms with Crippen LogP contribution in [0.1, 0.15) is 23.7 Å². The second kappa shape index (κ2) is 4.75. The normalized spacial score (nSPS) is 14.4. The fourth-order valence-corrected chi connectivity index (χ4v) is 1.36. The molecular weight excluding hydrogens is 263 g/mol. The molecule has 0 spiro atoms. The summed E-state index contributed by atoms with van der Waals surface area (Å²) in [6.45, 7) is 1.60. The molecule has 0 saturated heterocycles. The molecule has 0 aliphatic heterocycles. The lowest BCUT2D eigenvalue weighted by Gasteiger charge is -2.14. The van der Waals surface area contributed by atoms with E-state index in [0.29, 0.717) is 11.3 Å². The maximum atomic E-state index is 13.7. The van der Waals surface area contributed by atoms with Crippen molar-refractivity contribution in [3.05, 3.63) is 29.8 Å². The third-order valence-corrected chi connectivity index (χ3v) is 3.03. The Labute approximate surface area is 96.6 Å². The van der Waals surface area contributed by atoms with E-state index < -0.39 is 10.4 Å². The number of carbonyl (C=O) groups excluding carboxylic acids is 1. The minimum atomic E-state index is -1.99. The van der Waals surface area contributed by atoms with Crippen LogP contribution in [0, 0.1) is 0 Å². The van der Waals surface area contributed by atoms with Gasteiger partial charge in [0.1, 0.15) is 5.75 Å². The molecule has 1 rings (SSSR count). The topological polar surface area (TPSA) is 26.3 Å². The fraction of sp³-hybridized carbons (Fsp3) is 0.364. The van der Waals surface area contributed by atoms with Gasteiger partial charge in [-0.3, -0.25) is 4.79 Å². The molecule has 4 heteroatoms. The Hall–Kier alpha value is -0.900. The van der Waals surface area contributed by atoms with Gasteiger partial charge >= 0.3 is 0 Å². The van der Waals surface area contributed by atoms with Gasteiger partial charge in [0, 0.05) is 5.56 Å². The molecule has 0 aromatic heterocycles. The standard InChI is InChI=1S/C11H12BrFO2/c1-3-11(12,13)10(14)8-5-4-6-9(7-8)15-2/h4-7H,3H2,1-2H3/t11-/m0/s1. The number of ether oxygens (including phenoxy) is 1. The van der Waals surface area contributed by atoms with Crippen LogP contribution in [0.2, 0.25) is 0 Å². The molecule has 0 fully saturated rings. The molecule has 2 nitrogen and oxygen atoms in total. The van der Waals surface area contributed by atoms with Gasteiger partial charge in [-0.1, -0.05) is 19.1 Å². The monoisotopic (exact) mass is 274 g/mol. The van der Waals surface area contributed by atoms with Crippen molar-refractivity contribution in [2.24, 2.45) is 0 Å². The highest BCUT2D eigenvalue weighted by Crippen LogP contribution is 2.29. The first kappa shape index (κ1) is 12.2. The van der Waals surface area contributed by atoms with Crippen molar-refractivity contribution in [3.63, 3.8) is 0 Å². The van der Waals surface area contributed by atoms with E-state index in [0.717, 1.165) is 0 Å². The Morgan fingerprint density at radius 1 is 1.60 bits per heavy atom. The van der Waals surface area contributed by atoms with Gasteiger partial charge < -0.3 is 4.74 Å². The molecule has 0 aliphatic rings. The van der Waals surface area contributed by atoms with Gasteiger partial charge in [-0.15, -0.1) is 0 Å². The molecule has 0 unspecified atom stereocenters. The van der Waals surface area contributed by atoms with Crippen LogP contribution in [0.3, 0.4) is 0 Å². The molecule has 0 N–H and O–H groups in total. The van der Waals surface area contributed by atoms with Crippen LogP contribution in [0.5, 0.6) is 5.75 Å². The largest absolute Gasteiger partial charge is 0.497 e. The number of Topliss-reactive ketones (excluding diaryl/α,β-unsaturated/α-hetero) is 1. The Balaban J connectivity index is 3.01. The Morgan fingerprint density at radius 2 is 2.27 bits per heavy atom. The van der Waals surface area contributed by atoms with E-state index in [1.807, 2.05) is 0 Å². The molecule has 0 saturated carbocycles. The van der Waals surface area contributed by atoms with Crippen LogP contribution >= 0.6 is 15.9 Å². The van der Waals surface area contributed by atoms with Crippen molar-refractivity contribution in [1.82, 2.24) is 0 Å². The molecule has 0 aliphatic carbocycles. The minimum absolute atomic E-state index is 0.0864. The van der Waals surface area contributed by atoms with E-state index in [1.165, 1.54) is 13.2 Å². The van der Waals surface area contributed by atoms with Crippen molar-refractivity contribution in [2.75, 3.05) is 7.11 Å². The summed E-state index contributed by atoms with van der Waals surface area (Å²) in [4.78, 5) is 11.7. The Morgan fingerprint density at radius 3 is 2.80 bits per heavy atom. The van der Waals surface area contributed by atoms with Crippen LogP contribution in [-0.4, -0.2) is 17.5 Å². The number of halogens is 2. The van der Waals surface area contributed by atoms with Crippen LogP contribution in [0.4, 0.5) is 4.39 Å².